The first-order valence-corrected chi connectivity index (χ1v) is 13.1. The SMILES string of the molecule is CC.CC(NC(=O)CNC(=O)CCCCCN)C(C)(C)C.CCC(=O)O.CCCNC(N)=O.NCNC=O. The molecule has 0 aromatic rings. The molecule has 228 valence electrons. The number of unbranched alkanes of at least 4 members (excludes halogenated alkanes) is 2. The lowest BCUT2D eigenvalue weighted by atomic mass is 9.88. The van der Waals surface area contributed by atoms with Crippen LogP contribution in [-0.2, 0) is 19.2 Å². The number of carbonyl (C=O) groups excluding carboxylic acids is 4. The van der Waals surface area contributed by atoms with Crippen molar-refractivity contribution in [2.75, 3.05) is 26.3 Å². The monoisotopic (exact) mass is 551 g/mol. The van der Waals surface area contributed by atoms with E-state index in [1.807, 2.05) is 27.7 Å². The third-order valence-corrected chi connectivity index (χ3v) is 4.28. The molecule has 5 amide bonds. The Labute approximate surface area is 229 Å². The molecule has 0 aliphatic rings. The minimum absolute atomic E-state index is 0.0158. The van der Waals surface area contributed by atoms with Gasteiger partial charge in [-0.25, -0.2) is 4.79 Å². The molecule has 0 rings (SSSR count). The highest BCUT2D eigenvalue weighted by atomic mass is 16.4. The van der Waals surface area contributed by atoms with Crippen LogP contribution in [0.5, 0.6) is 0 Å². The molecule has 0 saturated carbocycles. The Bertz CT molecular complexity index is 585. The number of carboxylic acid groups (broad SMARTS) is 1. The lowest BCUT2D eigenvalue weighted by molar-refractivity contribution is -0.136. The molecular formula is C25H57N7O6. The van der Waals surface area contributed by atoms with E-state index in [-0.39, 0.29) is 42.9 Å². The molecule has 1 unspecified atom stereocenters. The average molecular weight is 552 g/mol. The summed E-state index contributed by atoms with van der Waals surface area (Å²) in [5.74, 6) is -0.960. The Hall–Kier alpha value is -2.93. The first-order valence-electron chi connectivity index (χ1n) is 13.1. The Morgan fingerprint density at radius 1 is 0.947 bits per heavy atom. The maximum absolute atomic E-state index is 11.6. The highest BCUT2D eigenvalue weighted by molar-refractivity contribution is 5.84. The van der Waals surface area contributed by atoms with E-state index in [1.165, 1.54) is 0 Å². The van der Waals surface area contributed by atoms with Gasteiger partial charge in [-0.2, -0.15) is 0 Å². The fourth-order valence-electron chi connectivity index (χ4n) is 1.68. The number of nitrogens with one attached hydrogen (secondary N) is 4. The highest BCUT2D eigenvalue weighted by Gasteiger charge is 2.21. The molecule has 0 fully saturated rings. The van der Waals surface area contributed by atoms with Gasteiger partial charge in [0, 0.05) is 25.4 Å². The smallest absolute Gasteiger partial charge is 0.312 e. The van der Waals surface area contributed by atoms with Crippen LogP contribution < -0.4 is 38.5 Å². The van der Waals surface area contributed by atoms with E-state index in [0.717, 1.165) is 25.7 Å². The Morgan fingerprint density at radius 3 is 1.76 bits per heavy atom. The van der Waals surface area contributed by atoms with Gasteiger partial charge in [-0.1, -0.05) is 54.9 Å². The van der Waals surface area contributed by atoms with Gasteiger partial charge in [0.2, 0.25) is 18.2 Å². The summed E-state index contributed by atoms with van der Waals surface area (Å²) in [5, 5.41) is 17.9. The summed E-state index contributed by atoms with van der Waals surface area (Å²) in [4.78, 5) is 51.6. The molecule has 1 atom stereocenters. The topological polar surface area (TPSA) is 232 Å². The van der Waals surface area contributed by atoms with Crippen molar-refractivity contribution >= 4 is 30.2 Å². The van der Waals surface area contributed by atoms with Crippen molar-refractivity contribution < 1.29 is 29.1 Å². The summed E-state index contributed by atoms with van der Waals surface area (Å²) in [6, 6.07) is -0.372. The minimum atomic E-state index is -0.745. The van der Waals surface area contributed by atoms with Crippen LogP contribution in [0.1, 0.15) is 93.9 Å². The van der Waals surface area contributed by atoms with Gasteiger partial charge < -0.3 is 43.6 Å². The maximum Gasteiger partial charge on any atom is 0.312 e. The third kappa shape index (κ3) is 50.0. The standard InChI is InChI=1S/C14H29N3O2.C4H10N2O.C3H6O2.C2H6N2O.C2H6/c1-11(14(2,3)4)17-13(19)10-16-12(18)8-6-5-7-9-15;1-2-3-6-4(5)7;1-2-3(4)5;3-1-4-2-5;1-2/h11H,5-10,15H2,1-4H3,(H,16,18)(H,17,19);2-3H2,1H3,(H3,5,6,7);2H2,1H3,(H,4,5);2H,1,3H2,(H,4,5);1-2H3. The number of hydrogen-bond acceptors (Lipinski definition) is 7. The number of nitrogens with two attached hydrogens (primary N) is 3. The Kier molecular flexibility index (Phi) is 40.4. The van der Waals surface area contributed by atoms with Crippen molar-refractivity contribution in [3.05, 3.63) is 0 Å². The Balaban J connectivity index is -0.000000155. The summed E-state index contributed by atoms with van der Waals surface area (Å²) in [6.07, 6.45) is 4.89. The summed E-state index contributed by atoms with van der Waals surface area (Å²) in [5.41, 5.74) is 14.9. The van der Waals surface area contributed by atoms with Gasteiger partial charge in [-0.3, -0.25) is 19.2 Å². The Morgan fingerprint density at radius 2 is 1.47 bits per heavy atom. The van der Waals surface area contributed by atoms with E-state index in [0.29, 0.717) is 25.9 Å². The zero-order valence-electron chi connectivity index (χ0n) is 24.9. The quantitative estimate of drug-likeness (QED) is 0.0944. The predicted octanol–water partition coefficient (Wildman–Crippen LogP) is 1.39. The van der Waals surface area contributed by atoms with E-state index >= 15 is 0 Å². The molecule has 0 aromatic carbocycles. The van der Waals surface area contributed by atoms with E-state index in [9.17, 15) is 24.0 Å². The largest absolute Gasteiger partial charge is 0.481 e. The number of carboxylic acids is 1. The van der Waals surface area contributed by atoms with Crippen LogP contribution in [0.2, 0.25) is 0 Å². The summed E-state index contributed by atoms with van der Waals surface area (Å²) < 4.78 is 0. The fraction of sp³-hybridized carbons (Fsp3) is 0.800. The second-order valence-corrected chi connectivity index (χ2v) is 8.60. The predicted molar refractivity (Wildman–Crippen MR) is 153 cm³/mol. The van der Waals surface area contributed by atoms with Gasteiger partial charge in [0.25, 0.3) is 0 Å². The van der Waals surface area contributed by atoms with Gasteiger partial charge >= 0.3 is 12.0 Å². The first kappa shape index (κ1) is 45.0. The number of hydrogen-bond donors (Lipinski definition) is 8. The molecular weight excluding hydrogens is 494 g/mol. The molecule has 0 aromatic heterocycles. The lowest BCUT2D eigenvalue weighted by Crippen LogP contribution is -2.45. The molecule has 0 aliphatic carbocycles. The molecule has 11 N–H and O–H groups in total. The van der Waals surface area contributed by atoms with Crippen molar-refractivity contribution in [2.24, 2.45) is 22.6 Å². The minimum Gasteiger partial charge on any atom is -0.481 e. The average Bonchev–Trinajstić information content (AvgIpc) is 2.86. The zero-order chi connectivity index (χ0) is 31.0. The van der Waals surface area contributed by atoms with Gasteiger partial charge in [-0.05, 0) is 38.1 Å². The van der Waals surface area contributed by atoms with Crippen LogP contribution in [-0.4, -0.2) is 67.7 Å². The van der Waals surface area contributed by atoms with Gasteiger partial charge in [0.15, 0.2) is 0 Å². The number of rotatable bonds is 13. The number of primary amides is 1. The molecule has 38 heavy (non-hydrogen) atoms. The maximum atomic E-state index is 11.6. The molecule has 0 bridgehead atoms. The molecule has 0 radical (unpaired) electrons. The molecule has 0 aliphatic heterocycles. The number of amides is 5. The van der Waals surface area contributed by atoms with Crippen LogP contribution in [0.3, 0.4) is 0 Å². The number of carbonyl (C=O) groups is 5. The van der Waals surface area contributed by atoms with Crippen molar-refractivity contribution in [1.29, 1.82) is 0 Å². The number of urea groups is 1. The fourth-order valence-corrected chi connectivity index (χ4v) is 1.68. The van der Waals surface area contributed by atoms with Gasteiger partial charge in [-0.15, -0.1) is 0 Å². The normalized spacial score (nSPS) is 9.95. The highest BCUT2D eigenvalue weighted by Crippen LogP contribution is 2.18. The number of aliphatic carboxylic acids is 1. The second kappa shape index (κ2) is 34.1. The van der Waals surface area contributed by atoms with E-state index < -0.39 is 12.0 Å². The van der Waals surface area contributed by atoms with Crippen LogP contribution in [0.25, 0.3) is 0 Å². The lowest BCUT2D eigenvalue weighted by Gasteiger charge is -2.28. The second-order valence-electron chi connectivity index (χ2n) is 8.60. The zero-order valence-corrected chi connectivity index (χ0v) is 24.9. The van der Waals surface area contributed by atoms with Gasteiger partial charge in [0.1, 0.15) is 0 Å². The summed E-state index contributed by atoms with van der Waals surface area (Å²) in [6.45, 7) is 17.3. The summed E-state index contributed by atoms with van der Waals surface area (Å²) >= 11 is 0. The molecule has 13 nitrogen and oxygen atoms in total. The van der Waals surface area contributed by atoms with E-state index in [2.05, 4.69) is 42.0 Å². The van der Waals surface area contributed by atoms with Crippen molar-refractivity contribution in [3.63, 3.8) is 0 Å². The third-order valence-electron chi connectivity index (χ3n) is 4.28. The van der Waals surface area contributed by atoms with Crippen LogP contribution in [0.15, 0.2) is 0 Å². The molecule has 0 saturated heterocycles. The van der Waals surface area contributed by atoms with E-state index in [1.54, 1.807) is 6.92 Å². The molecule has 0 heterocycles. The molecule has 0 spiro atoms. The van der Waals surface area contributed by atoms with Gasteiger partial charge in [0.05, 0.1) is 13.2 Å². The van der Waals surface area contributed by atoms with Crippen LogP contribution in [0, 0.1) is 5.41 Å². The van der Waals surface area contributed by atoms with Crippen molar-refractivity contribution in [1.82, 2.24) is 21.3 Å². The van der Waals surface area contributed by atoms with Crippen molar-refractivity contribution in [3.8, 4) is 0 Å². The molecule has 13 heteroatoms. The van der Waals surface area contributed by atoms with Crippen LogP contribution >= 0.6 is 0 Å². The van der Waals surface area contributed by atoms with Crippen molar-refractivity contribution in [2.45, 2.75) is 100.0 Å². The van der Waals surface area contributed by atoms with Crippen LogP contribution in [0.4, 0.5) is 4.79 Å². The van der Waals surface area contributed by atoms with E-state index in [4.69, 9.17) is 22.3 Å². The summed E-state index contributed by atoms with van der Waals surface area (Å²) in [7, 11) is 0. The first-order chi connectivity index (χ1) is 17.7.